The van der Waals surface area contributed by atoms with Crippen LogP contribution in [0.3, 0.4) is 0 Å². The highest BCUT2D eigenvalue weighted by Crippen LogP contribution is 2.61. The van der Waals surface area contributed by atoms with Gasteiger partial charge in [0.25, 0.3) is 0 Å². The SMILES string of the molecule is CC(NC(C)C12CC3CC(CC(C3)C1)C2)C1CCOCC1. The number of hydrogen-bond donors (Lipinski definition) is 1. The van der Waals surface area contributed by atoms with Crippen molar-refractivity contribution >= 4 is 0 Å². The summed E-state index contributed by atoms with van der Waals surface area (Å²) in [6, 6.07) is 1.38. The third kappa shape index (κ3) is 2.67. The quantitative estimate of drug-likeness (QED) is 0.845. The summed E-state index contributed by atoms with van der Waals surface area (Å²) in [6.45, 7) is 6.88. The number of rotatable bonds is 4. The zero-order chi connectivity index (χ0) is 14.4. The molecule has 5 aliphatic rings. The molecule has 0 amide bonds. The molecule has 1 N–H and O–H groups in total. The fraction of sp³-hybridized carbons (Fsp3) is 1.00. The van der Waals surface area contributed by atoms with Crippen molar-refractivity contribution in [1.29, 1.82) is 0 Å². The summed E-state index contributed by atoms with van der Waals surface area (Å²) in [7, 11) is 0. The first kappa shape index (κ1) is 14.5. The molecule has 5 fully saturated rings. The largest absolute Gasteiger partial charge is 0.381 e. The van der Waals surface area contributed by atoms with Gasteiger partial charge in [0, 0.05) is 25.3 Å². The second-order valence-corrected chi connectivity index (χ2v) is 8.91. The van der Waals surface area contributed by atoms with Crippen LogP contribution in [0.2, 0.25) is 0 Å². The van der Waals surface area contributed by atoms with Gasteiger partial charge in [-0.3, -0.25) is 0 Å². The smallest absolute Gasteiger partial charge is 0.0469 e. The van der Waals surface area contributed by atoms with E-state index in [1.165, 1.54) is 32.1 Å². The summed E-state index contributed by atoms with van der Waals surface area (Å²) >= 11 is 0. The van der Waals surface area contributed by atoms with Crippen LogP contribution in [0.15, 0.2) is 0 Å². The molecule has 120 valence electrons. The van der Waals surface area contributed by atoms with Gasteiger partial charge >= 0.3 is 0 Å². The van der Waals surface area contributed by atoms with Gasteiger partial charge in [0.1, 0.15) is 0 Å². The van der Waals surface area contributed by atoms with Gasteiger partial charge in [-0.25, -0.2) is 0 Å². The Morgan fingerprint density at radius 3 is 1.95 bits per heavy atom. The highest BCUT2D eigenvalue weighted by Gasteiger charge is 2.53. The lowest BCUT2D eigenvalue weighted by Crippen LogP contribution is -2.57. The third-order valence-electron chi connectivity index (χ3n) is 7.49. The zero-order valence-corrected chi connectivity index (χ0v) is 13.9. The van der Waals surface area contributed by atoms with Gasteiger partial charge in [-0.15, -0.1) is 0 Å². The molecule has 0 spiro atoms. The maximum atomic E-state index is 5.53. The van der Waals surface area contributed by atoms with E-state index in [9.17, 15) is 0 Å². The Morgan fingerprint density at radius 1 is 0.905 bits per heavy atom. The molecule has 1 aliphatic heterocycles. The Balaban J connectivity index is 1.41. The molecule has 0 radical (unpaired) electrons. The molecular weight excluding hydrogens is 258 g/mol. The molecule has 21 heavy (non-hydrogen) atoms. The van der Waals surface area contributed by atoms with Gasteiger partial charge in [0.2, 0.25) is 0 Å². The first-order valence-electron chi connectivity index (χ1n) is 9.48. The summed E-state index contributed by atoms with van der Waals surface area (Å²) in [6.07, 6.45) is 11.7. The Morgan fingerprint density at radius 2 is 1.43 bits per heavy atom. The molecule has 0 aromatic heterocycles. The predicted octanol–water partition coefficient (Wildman–Crippen LogP) is 4.00. The van der Waals surface area contributed by atoms with Gasteiger partial charge in [-0.2, -0.15) is 0 Å². The summed E-state index contributed by atoms with van der Waals surface area (Å²) in [5, 5.41) is 4.05. The molecular formula is C19H33NO. The van der Waals surface area contributed by atoms with Crippen molar-refractivity contribution in [3.63, 3.8) is 0 Å². The highest BCUT2D eigenvalue weighted by molar-refractivity contribution is 5.05. The second kappa shape index (κ2) is 5.53. The standard InChI is InChI=1S/C19H33NO/c1-13(18-3-5-21-6-4-18)20-14(2)19-10-15-7-16(11-19)9-17(8-15)12-19/h13-18,20H,3-12H2,1-2H3. The molecule has 2 heteroatoms. The van der Waals surface area contributed by atoms with Gasteiger partial charge in [-0.1, -0.05) is 0 Å². The van der Waals surface area contributed by atoms with Crippen LogP contribution in [0.1, 0.15) is 65.2 Å². The first-order chi connectivity index (χ1) is 10.1. The van der Waals surface area contributed by atoms with Crippen molar-refractivity contribution in [2.24, 2.45) is 29.1 Å². The molecule has 2 atom stereocenters. The van der Waals surface area contributed by atoms with Gasteiger partial charge in [0.15, 0.2) is 0 Å². The van der Waals surface area contributed by atoms with E-state index in [1.54, 1.807) is 19.3 Å². The monoisotopic (exact) mass is 291 g/mol. The molecule has 5 rings (SSSR count). The van der Waals surface area contributed by atoms with Crippen LogP contribution in [0.5, 0.6) is 0 Å². The molecule has 4 saturated carbocycles. The second-order valence-electron chi connectivity index (χ2n) is 8.91. The lowest BCUT2D eigenvalue weighted by molar-refractivity contribution is -0.0738. The molecule has 2 unspecified atom stereocenters. The molecule has 2 nitrogen and oxygen atoms in total. The van der Waals surface area contributed by atoms with Crippen LogP contribution < -0.4 is 5.32 Å². The van der Waals surface area contributed by atoms with Crippen LogP contribution in [-0.2, 0) is 4.74 Å². The minimum Gasteiger partial charge on any atom is -0.381 e. The van der Waals surface area contributed by atoms with Crippen LogP contribution in [-0.4, -0.2) is 25.3 Å². The molecule has 0 aromatic carbocycles. The Hall–Kier alpha value is -0.0800. The normalized spacial score (nSPS) is 45.7. The average Bonchev–Trinajstić information content (AvgIpc) is 2.46. The van der Waals surface area contributed by atoms with Crippen LogP contribution >= 0.6 is 0 Å². The first-order valence-corrected chi connectivity index (χ1v) is 9.48. The Labute approximate surface area is 130 Å². The van der Waals surface area contributed by atoms with Crippen molar-refractivity contribution in [2.75, 3.05) is 13.2 Å². The van der Waals surface area contributed by atoms with E-state index in [-0.39, 0.29) is 0 Å². The van der Waals surface area contributed by atoms with E-state index < -0.39 is 0 Å². The van der Waals surface area contributed by atoms with E-state index in [1.807, 2.05) is 0 Å². The minimum absolute atomic E-state index is 0.647. The maximum absolute atomic E-state index is 5.53. The van der Waals surface area contributed by atoms with Crippen LogP contribution in [0.25, 0.3) is 0 Å². The topological polar surface area (TPSA) is 21.3 Å². The van der Waals surface area contributed by atoms with Crippen molar-refractivity contribution in [2.45, 2.75) is 77.3 Å². The number of nitrogens with one attached hydrogen (secondary N) is 1. The average molecular weight is 291 g/mol. The lowest BCUT2D eigenvalue weighted by Gasteiger charge is -2.59. The molecule has 1 saturated heterocycles. The van der Waals surface area contributed by atoms with E-state index >= 15 is 0 Å². The predicted molar refractivity (Wildman–Crippen MR) is 86.2 cm³/mol. The van der Waals surface area contributed by atoms with Crippen LogP contribution in [0, 0.1) is 29.1 Å². The van der Waals surface area contributed by atoms with Gasteiger partial charge in [0.05, 0.1) is 0 Å². The fourth-order valence-electron chi connectivity index (χ4n) is 6.63. The summed E-state index contributed by atoms with van der Waals surface area (Å²) in [5.74, 6) is 4.03. The fourth-order valence-corrected chi connectivity index (χ4v) is 6.63. The molecule has 4 aliphatic carbocycles. The van der Waals surface area contributed by atoms with E-state index in [2.05, 4.69) is 19.2 Å². The minimum atomic E-state index is 0.647. The van der Waals surface area contributed by atoms with Crippen molar-refractivity contribution in [3.8, 4) is 0 Å². The van der Waals surface area contributed by atoms with Crippen molar-refractivity contribution < 1.29 is 4.74 Å². The number of ether oxygens (including phenoxy) is 1. The summed E-state index contributed by atoms with van der Waals surface area (Å²) in [5.41, 5.74) is 0.647. The summed E-state index contributed by atoms with van der Waals surface area (Å²) in [4.78, 5) is 0. The molecule has 4 bridgehead atoms. The van der Waals surface area contributed by atoms with Gasteiger partial charge < -0.3 is 10.1 Å². The molecule has 1 heterocycles. The van der Waals surface area contributed by atoms with Gasteiger partial charge in [-0.05, 0) is 94.3 Å². The zero-order valence-electron chi connectivity index (χ0n) is 13.9. The van der Waals surface area contributed by atoms with E-state index in [0.29, 0.717) is 17.5 Å². The Bertz CT molecular complexity index is 338. The number of hydrogen-bond acceptors (Lipinski definition) is 2. The maximum Gasteiger partial charge on any atom is 0.0469 e. The van der Waals surface area contributed by atoms with E-state index in [4.69, 9.17) is 4.74 Å². The van der Waals surface area contributed by atoms with Crippen molar-refractivity contribution in [1.82, 2.24) is 5.32 Å². The lowest BCUT2D eigenvalue weighted by atomic mass is 9.48. The van der Waals surface area contributed by atoms with Crippen molar-refractivity contribution in [3.05, 3.63) is 0 Å². The third-order valence-corrected chi connectivity index (χ3v) is 7.49. The van der Waals surface area contributed by atoms with E-state index in [0.717, 1.165) is 36.9 Å². The summed E-state index contributed by atoms with van der Waals surface area (Å²) < 4.78 is 5.53. The highest BCUT2D eigenvalue weighted by atomic mass is 16.5. The molecule has 0 aromatic rings. The Kier molecular flexibility index (Phi) is 3.82. The van der Waals surface area contributed by atoms with Crippen LogP contribution in [0.4, 0.5) is 0 Å².